The zero-order chi connectivity index (χ0) is 26.3. The number of aryl methyl sites for hydroxylation is 1. The summed E-state index contributed by atoms with van der Waals surface area (Å²) in [6.45, 7) is 3.78. The monoisotopic (exact) mass is 573 g/mol. The van der Waals surface area contributed by atoms with Gasteiger partial charge in [-0.3, -0.25) is 14.5 Å². The molecular formula is C30H32BrN5O2. The average Bonchev–Trinajstić information content (AvgIpc) is 3.37. The van der Waals surface area contributed by atoms with Crippen LogP contribution in [0.3, 0.4) is 0 Å². The smallest absolute Gasteiger partial charge is 0.330 e. The summed E-state index contributed by atoms with van der Waals surface area (Å²) in [4.78, 5) is 17.8. The largest absolute Gasteiger partial charge is 0.492 e. The SMILES string of the molecule is Cn1nccc1-c1cc(N(C(=O)Nc2ccc(Br)cc2)c2ccccc2)ccc1OCCN1CCCCC1. The molecule has 0 unspecified atom stereocenters. The molecule has 1 N–H and O–H groups in total. The molecule has 0 radical (unpaired) electrons. The Labute approximate surface area is 232 Å². The van der Waals surface area contributed by atoms with Crippen molar-refractivity contribution in [2.45, 2.75) is 19.3 Å². The minimum atomic E-state index is -0.256. The third-order valence-electron chi connectivity index (χ3n) is 6.74. The van der Waals surface area contributed by atoms with E-state index in [1.165, 1.54) is 19.3 Å². The fraction of sp³-hybridized carbons (Fsp3) is 0.267. The minimum Gasteiger partial charge on any atom is -0.492 e. The number of nitrogens with zero attached hydrogens (tertiary/aromatic N) is 4. The van der Waals surface area contributed by atoms with Crippen LogP contribution in [-0.2, 0) is 7.05 Å². The first-order chi connectivity index (χ1) is 18.6. The Hall–Kier alpha value is -3.62. The highest BCUT2D eigenvalue weighted by Gasteiger charge is 2.21. The first-order valence-electron chi connectivity index (χ1n) is 13.0. The summed E-state index contributed by atoms with van der Waals surface area (Å²) in [7, 11) is 1.91. The fourth-order valence-electron chi connectivity index (χ4n) is 4.76. The topological polar surface area (TPSA) is 62.6 Å². The van der Waals surface area contributed by atoms with E-state index in [2.05, 4.69) is 31.2 Å². The maximum Gasteiger partial charge on any atom is 0.330 e. The van der Waals surface area contributed by atoms with Crippen LogP contribution < -0.4 is 15.0 Å². The zero-order valence-corrected chi connectivity index (χ0v) is 23.1. The summed E-state index contributed by atoms with van der Waals surface area (Å²) in [5, 5.41) is 7.40. The van der Waals surface area contributed by atoms with Crippen LogP contribution in [0.25, 0.3) is 11.3 Å². The van der Waals surface area contributed by atoms with E-state index in [-0.39, 0.29) is 6.03 Å². The number of anilines is 3. The lowest BCUT2D eigenvalue weighted by Crippen LogP contribution is -2.33. The number of halogens is 1. The molecule has 0 saturated carbocycles. The molecule has 3 aromatic carbocycles. The van der Waals surface area contributed by atoms with Crippen LogP contribution in [0.1, 0.15) is 19.3 Å². The van der Waals surface area contributed by atoms with Crippen molar-refractivity contribution in [1.29, 1.82) is 0 Å². The van der Waals surface area contributed by atoms with Crippen LogP contribution in [0.2, 0.25) is 0 Å². The predicted molar refractivity (Wildman–Crippen MR) is 156 cm³/mol. The summed E-state index contributed by atoms with van der Waals surface area (Å²) >= 11 is 3.45. The lowest BCUT2D eigenvalue weighted by Gasteiger charge is -2.27. The third-order valence-corrected chi connectivity index (χ3v) is 7.27. The van der Waals surface area contributed by atoms with Crippen LogP contribution in [0.15, 0.2) is 89.5 Å². The van der Waals surface area contributed by atoms with Gasteiger partial charge in [-0.05, 0) is 86.6 Å². The van der Waals surface area contributed by atoms with Crippen molar-refractivity contribution in [3.63, 3.8) is 0 Å². The van der Waals surface area contributed by atoms with Gasteiger partial charge in [0, 0.05) is 35.5 Å². The van der Waals surface area contributed by atoms with E-state index in [1.54, 1.807) is 11.1 Å². The number of benzene rings is 3. The third kappa shape index (κ3) is 6.26. The van der Waals surface area contributed by atoms with E-state index in [1.807, 2.05) is 90.6 Å². The molecule has 2 heterocycles. The number of likely N-dealkylation sites (tertiary alicyclic amines) is 1. The maximum absolute atomic E-state index is 13.6. The number of aromatic nitrogens is 2. The van der Waals surface area contributed by atoms with Crippen molar-refractivity contribution in [2.24, 2.45) is 7.05 Å². The molecule has 2 amide bonds. The molecule has 0 spiro atoms. The van der Waals surface area contributed by atoms with Crippen LogP contribution >= 0.6 is 15.9 Å². The second kappa shape index (κ2) is 12.3. The van der Waals surface area contributed by atoms with Crippen LogP contribution in [0.4, 0.5) is 21.9 Å². The van der Waals surface area contributed by atoms with Crippen LogP contribution in [0, 0.1) is 0 Å². The number of rotatable bonds is 8. The van der Waals surface area contributed by atoms with E-state index in [4.69, 9.17) is 4.74 Å². The summed E-state index contributed by atoms with van der Waals surface area (Å²) in [6.07, 6.45) is 5.60. The molecule has 8 heteroatoms. The first-order valence-corrected chi connectivity index (χ1v) is 13.8. The van der Waals surface area contributed by atoms with E-state index < -0.39 is 0 Å². The van der Waals surface area contributed by atoms with Gasteiger partial charge < -0.3 is 10.1 Å². The lowest BCUT2D eigenvalue weighted by molar-refractivity contribution is 0.183. The number of urea groups is 1. The van der Waals surface area contributed by atoms with Crippen molar-refractivity contribution < 1.29 is 9.53 Å². The summed E-state index contributed by atoms with van der Waals surface area (Å²) in [5.74, 6) is 0.774. The molecule has 1 aliphatic rings. The number of carbonyl (C=O) groups excluding carboxylic acids is 1. The van der Waals surface area contributed by atoms with Crippen molar-refractivity contribution in [3.8, 4) is 17.0 Å². The second-order valence-electron chi connectivity index (χ2n) is 9.38. The molecule has 38 heavy (non-hydrogen) atoms. The number of amides is 2. The van der Waals surface area contributed by atoms with Gasteiger partial charge in [-0.2, -0.15) is 5.10 Å². The molecule has 4 aromatic rings. The van der Waals surface area contributed by atoms with Gasteiger partial charge in [0.05, 0.1) is 17.1 Å². The highest BCUT2D eigenvalue weighted by atomic mass is 79.9. The predicted octanol–water partition coefficient (Wildman–Crippen LogP) is 7.08. The Kier molecular flexibility index (Phi) is 8.41. The van der Waals surface area contributed by atoms with E-state index in [0.29, 0.717) is 12.3 Å². The number of nitrogens with one attached hydrogen (secondary N) is 1. The van der Waals surface area contributed by atoms with Gasteiger partial charge in [-0.1, -0.05) is 40.5 Å². The molecule has 1 fully saturated rings. The van der Waals surface area contributed by atoms with E-state index in [0.717, 1.165) is 52.5 Å². The van der Waals surface area contributed by atoms with E-state index >= 15 is 0 Å². The van der Waals surface area contributed by atoms with Crippen LogP contribution in [0.5, 0.6) is 5.75 Å². The van der Waals surface area contributed by atoms with Gasteiger partial charge in [0.25, 0.3) is 0 Å². The Morgan fingerprint density at radius 1 is 0.974 bits per heavy atom. The molecule has 5 rings (SSSR count). The Morgan fingerprint density at radius 2 is 1.74 bits per heavy atom. The Morgan fingerprint density at radius 3 is 2.45 bits per heavy atom. The van der Waals surface area contributed by atoms with Crippen LogP contribution in [-0.4, -0.2) is 47.0 Å². The zero-order valence-electron chi connectivity index (χ0n) is 21.5. The van der Waals surface area contributed by atoms with Gasteiger partial charge in [0.15, 0.2) is 0 Å². The number of piperidine rings is 1. The molecule has 0 atom stereocenters. The molecule has 1 saturated heterocycles. The molecule has 196 valence electrons. The molecule has 0 bridgehead atoms. The summed E-state index contributed by atoms with van der Waals surface area (Å²) in [6, 6.07) is 24.8. The Balaban J connectivity index is 1.46. The fourth-order valence-corrected chi connectivity index (χ4v) is 5.03. The Bertz CT molecular complexity index is 1350. The van der Waals surface area contributed by atoms with Gasteiger partial charge in [-0.25, -0.2) is 4.79 Å². The standard InChI is InChI=1S/C30H32BrN5O2/c1-34-28(16-17-32-34)27-22-26(14-15-29(27)38-21-20-35-18-6-3-7-19-35)36(25-8-4-2-5-9-25)30(37)33-24-12-10-23(31)11-13-24/h2,4-5,8-17,22H,3,6-7,18-21H2,1H3,(H,33,37). The normalized spacial score (nSPS) is 13.7. The molecule has 7 nitrogen and oxygen atoms in total. The average molecular weight is 575 g/mol. The van der Waals surface area contributed by atoms with Crippen molar-refractivity contribution in [3.05, 3.63) is 89.5 Å². The highest BCUT2D eigenvalue weighted by Crippen LogP contribution is 2.36. The molecule has 1 aromatic heterocycles. The van der Waals surface area contributed by atoms with Gasteiger partial charge >= 0.3 is 6.03 Å². The lowest BCUT2D eigenvalue weighted by atomic mass is 10.1. The maximum atomic E-state index is 13.6. The van der Waals surface area contributed by atoms with Crippen molar-refractivity contribution >= 4 is 39.0 Å². The number of hydrogen-bond acceptors (Lipinski definition) is 4. The highest BCUT2D eigenvalue weighted by molar-refractivity contribution is 9.10. The molecular weight excluding hydrogens is 542 g/mol. The van der Waals surface area contributed by atoms with E-state index in [9.17, 15) is 4.79 Å². The number of carbonyl (C=O) groups is 1. The van der Waals surface area contributed by atoms with Crippen molar-refractivity contribution in [2.75, 3.05) is 36.5 Å². The minimum absolute atomic E-state index is 0.256. The quantitative estimate of drug-likeness (QED) is 0.244. The number of ether oxygens (including phenoxy) is 1. The molecule has 1 aliphatic heterocycles. The second-order valence-corrected chi connectivity index (χ2v) is 10.3. The van der Waals surface area contributed by atoms with Gasteiger partial charge in [0.1, 0.15) is 12.4 Å². The van der Waals surface area contributed by atoms with Gasteiger partial charge in [-0.15, -0.1) is 0 Å². The number of para-hydroxylation sites is 1. The van der Waals surface area contributed by atoms with Gasteiger partial charge in [0.2, 0.25) is 0 Å². The summed E-state index contributed by atoms with van der Waals surface area (Å²) < 4.78 is 9.10. The van der Waals surface area contributed by atoms with Crippen molar-refractivity contribution in [1.82, 2.24) is 14.7 Å². The number of hydrogen-bond donors (Lipinski definition) is 1. The first kappa shape index (κ1) is 26.0. The summed E-state index contributed by atoms with van der Waals surface area (Å²) in [5.41, 5.74) is 4.01. The molecule has 0 aliphatic carbocycles.